The van der Waals surface area contributed by atoms with Gasteiger partial charge in [0.15, 0.2) is 6.61 Å². The first-order valence-electron chi connectivity index (χ1n) is 6.02. The van der Waals surface area contributed by atoms with E-state index < -0.39 is 5.97 Å². The Morgan fingerprint density at radius 3 is 2.50 bits per heavy atom. The monoisotopic (exact) mass is 335 g/mol. The zero-order valence-electron chi connectivity index (χ0n) is 10.7. The first kappa shape index (κ1) is 14.4. The fourth-order valence-electron chi connectivity index (χ4n) is 1.53. The van der Waals surface area contributed by atoms with Crippen LogP contribution in [0.5, 0.6) is 5.75 Å². The summed E-state index contributed by atoms with van der Waals surface area (Å²) in [4.78, 5) is 11.6. The molecule has 0 aliphatic carbocycles. The molecule has 0 aliphatic heterocycles. The van der Waals surface area contributed by atoms with E-state index in [4.69, 9.17) is 15.2 Å². The number of nitrogen functional groups attached to an aromatic ring is 1. The largest absolute Gasteiger partial charge is 0.480 e. The van der Waals surface area contributed by atoms with Crippen LogP contribution in [-0.2, 0) is 16.1 Å². The molecule has 2 aromatic carbocycles. The SMILES string of the molecule is Nc1ccccc1OCC(=O)OCc1ccc(Br)cc1. The van der Waals surface area contributed by atoms with Crippen LogP contribution in [-0.4, -0.2) is 12.6 Å². The maximum atomic E-state index is 11.6. The summed E-state index contributed by atoms with van der Waals surface area (Å²) in [5, 5.41) is 0. The molecule has 5 heteroatoms. The predicted molar refractivity (Wildman–Crippen MR) is 80.3 cm³/mol. The van der Waals surface area contributed by atoms with E-state index in [1.54, 1.807) is 24.3 Å². The van der Waals surface area contributed by atoms with Crippen LogP contribution in [0.25, 0.3) is 0 Å². The molecule has 0 aromatic heterocycles. The molecule has 0 bridgehead atoms. The van der Waals surface area contributed by atoms with Gasteiger partial charge in [-0.15, -0.1) is 0 Å². The Morgan fingerprint density at radius 2 is 1.80 bits per heavy atom. The summed E-state index contributed by atoms with van der Waals surface area (Å²) in [5.41, 5.74) is 7.12. The average molecular weight is 336 g/mol. The van der Waals surface area contributed by atoms with Crippen LogP contribution < -0.4 is 10.5 Å². The number of ether oxygens (including phenoxy) is 2. The van der Waals surface area contributed by atoms with Crippen molar-refractivity contribution in [1.82, 2.24) is 0 Å². The van der Waals surface area contributed by atoms with Crippen LogP contribution in [0.1, 0.15) is 5.56 Å². The normalized spacial score (nSPS) is 10.1. The second kappa shape index (κ2) is 6.96. The smallest absolute Gasteiger partial charge is 0.344 e. The molecule has 0 fully saturated rings. The molecule has 2 aromatic rings. The van der Waals surface area contributed by atoms with Crippen LogP contribution in [0.3, 0.4) is 0 Å². The lowest BCUT2D eigenvalue weighted by molar-refractivity contribution is -0.147. The van der Waals surface area contributed by atoms with Gasteiger partial charge in [-0.05, 0) is 29.8 Å². The van der Waals surface area contributed by atoms with E-state index in [-0.39, 0.29) is 13.2 Å². The zero-order valence-corrected chi connectivity index (χ0v) is 12.3. The summed E-state index contributed by atoms with van der Waals surface area (Å²) in [6, 6.07) is 14.6. The van der Waals surface area contributed by atoms with Crippen molar-refractivity contribution in [1.29, 1.82) is 0 Å². The third-order valence-electron chi connectivity index (χ3n) is 2.58. The lowest BCUT2D eigenvalue weighted by Crippen LogP contribution is -2.15. The van der Waals surface area contributed by atoms with Gasteiger partial charge in [0.2, 0.25) is 0 Å². The lowest BCUT2D eigenvalue weighted by atomic mass is 10.2. The Kier molecular flexibility index (Phi) is 5.01. The van der Waals surface area contributed by atoms with E-state index in [2.05, 4.69) is 15.9 Å². The fraction of sp³-hybridized carbons (Fsp3) is 0.133. The number of nitrogens with two attached hydrogens (primary N) is 1. The minimum atomic E-state index is -0.434. The van der Waals surface area contributed by atoms with Crippen LogP contribution in [0.4, 0.5) is 5.69 Å². The third kappa shape index (κ3) is 4.28. The van der Waals surface area contributed by atoms with Gasteiger partial charge in [0.25, 0.3) is 0 Å². The number of hydrogen-bond acceptors (Lipinski definition) is 4. The standard InChI is InChI=1S/C15H14BrNO3/c16-12-7-5-11(6-8-12)9-20-15(18)10-19-14-4-2-1-3-13(14)17/h1-8H,9-10,17H2. The van der Waals surface area contributed by atoms with Crippen LogP contribution >= 0.6 is 15.9 Å². The van der Waals surface area contributed by atoms with Crippen molar-refractivity contribution in [3.05, 3.63) is 58.6 Å². The summed E-state index contributed by atoms with van der Waals surface area (Å²) in [6.07, 6.45) is 0. The minimum Gasteiger partial charge on any atom is -0.480 e. The molecule has 0 spiro atoms. The van der Waals surface area contributed by atoms with Crippen molar-refractivity contribution in [2.24, 2.45) is 0 Å². The molecule has 0 radical (unpaired) electrons. The van der Waals surface area contributed by atoms with Gasteiger partial charge in [0.1, 0.15) is 12.4 Å². The summed E-state index contributed by atoms with van der Waals surface area (Å²) in [7, 11) is 0. The average Bonchev–Trinajstić information content (AvgIpc) is 2.46. The highest BCUT2D eigenvalue weighted by Gasteiger charge is 2.06. The van der Waals surface area contributed by atoms with Crippen molar-refractivity contribution < 1.29 is 14.3 Å². The summed E-state index contributed by atoms with van der Waals surface area (Å²) < 4.78 is 11.4. The molecule has 104 valence electrons. The number of anilines is 1. The number of carbonyl (C=O) groups is 1. The molecule has 0 aliphatic rings. The molecule has 20 heavy (non-hydrogen) atoms. The van der Waals surface area contributed by atoms with Crippen molar-refractivity contribution in [2.75, 3.05) is 12.3 Å². The molecule has 0 saturated carbocycles. The number of halogens is 1. The number of esters is 1. The minimum absolute atomic E-state index is 0.162. The topological polar surface area (TPSA) is 61.5 Å². The molecule has 0 heterocycles. The Morgan fingerprint density at radius 1 is 1.10 bits per heavy atom. The van der Waals surface area contributed by atoms with Crippen molar-refractivity contribution in [2.45, 2.75) is 6.61 Å². The quantitative estimate of drug-likeness (QED) is 0.673. The van der Waals surface area contributed by atoms with Crippen LogP contribution in [0.2, 0.25) is 0 Å². The van der Waals surface area contributed by atoms with E-state index in [0.717, 1.165) is 10.0 Å². The molecule has 0 atom stereocenters. The second-order valence-electron chi connectivity index (χ2n) is 4.11. The van der Waals surface area contributed by atoms with Gasteiger partial charge in [0, 0.05) is 4.47 Å². The summed E-state index contributed by atoms with van der Waals surface area (Å²) >= 11 is 3.34. The molecule has 0 unspecified atom stereocenters. The van der Waals surface area contributed by atoms with E-state index in [1.807, 2.05) is 24.3 Å². The Hall–Kier alpha value is -2.01. The first-order chi connectivity index (χ1) is 9.65. The molecule has 2 rings (SSSR count). The van der Waals surface area contributed by atoms with Gasteiger partial charge < -0.3 is 15.2 Å². The molecule has 0 saturated heterocycles. The zero-order chi connectivity index (χ0) is 14.4. The van der Waals surface area contributed by atoms with E-state index in [0.29, 0.717) is 11.4 Å². The molecular formula is C15H14BrNO3. The molecule has 4 nitrogen and oxygen atoms in total. The number of benzene rings is 2. The number of para-hydroxylation sites is 2. The van der Waals surface area contributed by atoms with E-state index in [9.17, 15) is 4.79 Å². The lowest BCUT2D eigenvalue weighted by Gasteiger charge is -2.08. The van der Waals surface area contributed by atoms with Crippen molar-refractivity contribution in [3.8, 4) is 5.75 Å². The second-order valence-corrected chi connectivity index (χ2v) is 5.03. The predicted octanol–water partition coefficient (Wildman–Crippen LogP) is 3.15. The summed E-state index contributed by atoms with van der Waals surface area (Å²) in [6.45, 7) is 0.0600. The number of hydrogen-bond donors (Lipinski definition) is 1. The highest BCUT2D eigenvalue weighted by atomic mass is 79.9. The van der Waals surface area contributed by atoms with Crippen molar-refractivity contribution >= 4 is 27.6 Å². The Labute approximate surface area is 125 Å². The van der Waals surface area contributed by atoms with Gasteiger partial charge in [-0.3, -0.25) is 0 Å². The first-order valence-corrected chi connectivity index (χ1v) is 6.82. The van der Waals surface area contributed by atoms with Crippen LogP contribution in [0, 0.1) is 0 Å². The van der Waals surface area contributed by atoms with E-state index in [1.165, 1.54) is 0 Å². The maximum Gasteiger partial charge on any atom is 0.344 e. The van der Waals surface area contributed by atoms with Crippen LogP contribution in [0.15, 0.2) is 53.0 Å². The molecule has 0 amide bonds. The van der Waals surface area contributed by atoms with E-state index >= 15 is 0 Å². The summed E-state index contributed by atoms with van der Waals surface area (Å²) in [5.74, 6) is 0.0456. The molecule has 2 N–H and O–H groups in total. The van der Waals surface area contributed by atoms with Crippen molar-refractivity contribution in [3.63, 3.8) is 0 Å². The Bertz CT molecular complexity index is 584. The third-order valence-corrected chi connectivity index (χ3v) is 3.11. The maximum absolute atomic E-state index is 11.6. The highest BCUT2D eigenvalue weighted by Crippen LogP contribution is 2.19. The van der Waals surface area contributed by atoms with Gasteiger partial charge in [-0.2, -0.15) is 0 Å². The highest BCUT2D eigenvalue weighted by molar-refractivity contribution is 9.10. The van der Waals surface area contributed by atoms with Gasteiger partial charge in [0.05, 0.1) is 5.69 Å². The molecular weight excluding hydrogens is 322 g/mol. The number of rotatable bonds is 5. The van der Waals surface area contributed by atoms with Gasteiger partial charge in [-0.25, -0.2) is 4.79 Å². The van der Waals surface area contributed by atoms with Gasteiger partial charge >= 0.3 is 5.97 Å². The Balaban J connectivity index is 1.78. The fourth-order valence-corrected chi connectivity index (χ4v) is 1.80. The van der Waals surface area contributed by atoms with Gasteiger partial charge in [-0.1, -0.05) is 40.2 Å². The number of carbonyl (C=O) groups excluding carboxylic acids is 1.